The first-order valence-corrected chi connectivity index (χ1v) is 7.31. The van der Waals surface area contributed by atoms with E-state index in [1.165, 1.54) is 25.7 Å². The molecule has 1 amide bonds. The molecule has 1 saturated carbocycles. The Bertz CT molecular complexity index is 456. The Morgan fingerprint density at radius 2 is 2.11 bits per heavy atom. The van der Waals surface area contributed by atoms with Crippen LogP contribution in [0.1, 0.15) is 75.0 Å². The minimum Gasteiger partial charge on any atom is -0.347 e. The van der Waals surface area contributed by atoms with Gasteiger partial charge in [-0.05, 0) is 40.0 Å². The predicted molar refractivity (Wildman–Crippen MR) is 76.3 cm³/mol. The first-order valence-electron chi connectivity index (χ1n) is 7.31. The van der Waals surface area contributed by atoms with Crippen LogP contribution >= 0.6 is 0 Å². The molecular formula is C15H25N3O. The van der Waals surface area contributed by atoms with Crippen LogP contribution < -0.4 is 5.32 Å². The molecule has 1 aromatic rings. The molecule has 1 fully saturated rings. The van der Waals surface area contributed by atoms with Gasteiger partial charge in [0, 0.05) is 11.2 Å². The van der Waals surface area contributed by atoms with Crippen LogP contribution in [0.5, 0.6) is 0 Å². The summed E-state index contributed by atoms with van der Waals surface area (Å²) < 4.78 is 2.04. The minimum atomic E-state index is -0.168. The highest BCUT2D eigenvalue weighted by molar-refractivity contribution is 5.95. The summed E-state index contributed by atoms with van der Waals surface area (Å²) in [7, 11) is 0. The lowest BCUT2D eigenvalue weighted by molar-refractivity contribution is 0.0910. The summed E-state index contributed by atoms with van der Waals surface area (Å²) in [5, 5.41) is 7.51. The zero-order valence-electron chi connectivity index (χ0n) is 12.5. The fraction of sp³-hybridized carbons (Fsp3) is 0.733. The quantitative estimate of drug-likeness (QED) is 0.906. The van der Waals surface area contributed by atoms with Crippen LogP contribution in [0.2, 0.25) is 0 Å². The molecule has 0 saturated heterocycles. The van der Waals surface area contributed by atoms with Crippen LogP contribution in [0.4, 0.5) is 0 Å². The van der Waals surface area contributed by atoms with Gasteiger partial charge in [-0.25, -0.2) is 0 Å². The largest absolute Gasteiger partial charge is 0.347 e. The fourth-order valence-corrected chi connectivity index (χ4v) is 2.63. The van der Waals surface area contributed by atoms with Crippen molar-refractivity contribution in [2.24, 2.45) is 0 Å². The minimum absolute atomic E-state index is 0.00593. The monoisotopic (exact) mass is 263 g/mol. The molecule has 1 aromatic heterocycles. The summed E-state index contributed by atoms with van der Waals surface area (Å²) in [5.41, 5.74) is 1.55. The van der Waals surface area contributed by atoms with Crippen molar-refractivity contribution in [2.75, 3.05) is 0 Å². The van der Waals surface area contributed by atoms with Crippen molar-refractivity contribution in [3.05, 3.63) is 17.5 Å². The van der Waals surface area contributed by atoms with Crippen molar-refractivity contribution in [3.63, 3.8) is 0 Å². The van der Waals surface area contributed by atoms with Crippen molar-refractivity contribution in [1.29, 1.82) is 0 Å². The molecule has 0 radical (unpaired) electrons. The Balaban J connectivity index is 2.15. The maximum atomic E-state index is 12.3. The molecule has 0 bridgehead atoms. The van der Waals surface area contributed by atoms with Gasteiger partial charge in [0.2, 0.25) is 0 Å². The van der Waals surface area contributed by atoms with Gasteiger partial charge in [0.15, 0.2) is 0 Å². The molecular weight excluding hydrogens is 238 g/mol. The summed E-state index contributed by atoms with van der Waals surface area (Å²) in [4.78, 5) is 12.3. The highest BCUT2D eigenvalue weighted by Gasteiger charge is 2.25. The number of carbonyl (C=O) groups excluding carboxylic acids is 1. The van der Waals surface area contributed by atoms with Gasteiger partial charge in [0.05, 0.1) is 17.8 Å². The molecule has 1 N–H and O–H groups in total. The van der Waals surface area contributed by atoms with E-state index in [4.69, 9.17) is 0 Å². The Labute approximate surface area is 115 Å². The number of hydrogen-bond acceptors (Lipinski definition) is 2. The van der Waals surface area contributed by atoms with E-state index in [9.17, 15) is 4.79 Å². The van der Waals surface area contributed by atoms with Crippen molar-refractivity contribution in [3.8, 4) is 0 Å². The lowest BCUT2D eigenvalue weighted by atomic mass is 10.0. The third-order valence-corrected chi connectivity index (χ3v) is 4.30. The van der Waals surface area contributed by atoms with Crippen LogP contribution in [0.15, 0.2) is 6.20 Å². The lowest BCUT2D eigenvalue weighted by Crippen LogP contribution is -2.42. The van der Waals surface area contributed by atoms with E-state index in [1.807, 2.05) is 25.5 Å². The zero-order valence-corrected chi connectivity index (χ0v) is 12.5. The second-order valence-electron chi connectivity index (χ2n) is 6.22. The van der Waals surface area contributed by atoms with Crippen LogP contribution in [0.25, 0.3) is 0 Å². The van der Waals surface area contributed by atoms with E-state index in [-0.39, 0.29) is 11.4 Å². The summed E-state index contributed by atoms with van der Waals surface area (Å²) in [6.45, 7) is 8.16. The van der Waals surface area contributed by atoms with E-state index in [0.717, 1.165) is 12.1 Å². The van der Waals surface area contributed by atoms with Gasteiger partial charge < -0.3 is 5.32 Å². The predicted octanol–water partition coefficient (Wildman–Crippen LogP) is 3.23. The second kappa shape index (κ2) is 5.35. The molecule has 4 heteroatoms. The molecule has 4 nitrogen and oxygen atoms in total. The molecule has 2 rings (SSSR count). The Morgan fingerprint density at radius 3 is 2.68 bits per heavy atom. The fourth-order valence-electron chi connectivity index (χ4n) is 2.63. The normalized spacial score (nSPS) is 16.8. The number of amides is 1. The summed E-state index contributed by atoms with van der Waals surface area (Å²) in [5.74, 6) is -0.00593. The first kappa shape index (κ1) is 14.1. The SMILES string of the molecule is CCC(C)(C)NC(=O)c1cnn(C2CCCC2)c1C. The number of rotatable bonds is 4. The van der Waals surface area contributed by atoms with E-state index in [2.05, 4.69) is 17.3 Å². The van der Waals surface area contributed by atoms with Crippen LogP contribution in [0.3, 0.4) is 0 Å². The van der Waals surface area contributed by atoms with E-state index >= 15 is 0 Å². The standard InChI is InChI=1S/C15H25N3O/c1-5-15(3,4)17-14(19)13-10-16-18(11(13)2)12-8-6-7-9-12/h10,12H,5-9H2,1-4H3,(H,17,19). The van der Waals surface area contributed by atoms with Gasteiger partial charge in [0.25, 0.3) is 5.91 Å². The molecule has 1 aliphatic carbocycles. The summed E-state index contributed by atoms with van der Waals surface area (Å²) >= 11 is 0. The third kappa shape index (κ3) is 2.99. The van der Waals surface area contributed by atoms with E-state index in [0.29, 0.717) is 11.6 Å². The highest BCUT2D eigenvalue weighted by atomic mass is 16.1. The molecule has 1 heterocycles. The molecule has 19 heavy (non-hydrogen) atoms. The van der Waals surface area contributed by atoms with Crippen LogP contribution in [-0.4, -0.2) is 21.2 Å². The van der Waals surface area contributed by atoms with Crippen molar-refractivity contribution < 1.29 is 4.79 Å². The maximum absolute atomic E-state index is 12.3. The topological polar surface area (TPSA) is 46.9 Å². The first-order chi connectivity index (χ1) is 8.94. The Morgan fingerprint density at radius 1 is 1.47 bits per heavy atom. The molecule has 0 aliphatic heterocycles. The molecule has 106 valence electrons. The molecule has 0 spiro atoms. The Kier molecular flexibility index (Phi) is 3.97. The van der Waals surface area contributed by atoms with Crippen LogP contribution in [0, 0.1) is 6.92 Å². The van der Waals surface area contributed by atoms with Gasteiger partial charge in [-0.15, -0.1) is 0 Å². The van der Waals surface area contributed by atoms with Gasteiger partial charge in [-0.3, -0.25) is 9.48 Å². The average molecular weight is 263 g/mol. The van der Waals surface area contributed by atoms with Crippen molar-refractivity contribution in [2.45, 2.75) is 71.4 Å². The average Bonchev–Trinajstić information content (AvgIpc) is 2.97. The number of hydrogen-bond donors (Lipinski definition) is 1. The number of aromatic nitrogens is 2. The molecule has 0 atom stereocenters. The van der Waals surface area contributed by atoms with E-state index < -0.39 is 0 Å². The molecule has 0 aromatic carbocycles. The lowest BCUT2D eigenvalue weighted by Gasteiger charge is -2.24. The van der Waals surface area contributed by atoms with Crippen LogP contribution in [-0.2, 0) is 0 Å². The maximum Gasteiger partial charge on any atom is 0.255 e. The number of carbonyl (C=O) groups is 1. The zero-order chi connectivity index (χ0) is 14.0. The molecule has 0 unspecified atom stereocenters. The second-order valence-corrected chi connectivity index (χ2v) is 6.22. The van der Waals surface area contributed by atoms with Crippen molar-refractivity contribution in [1.82, 2.24) is 15.1 Å². The van der Waals surface area contributed by atoms with Crippen molar-refractivity contribution >= 4 is 5.91 Å². The smallest absolute Gasteiger partial charge is 0.255 e. The summed E-state index contributed by atoms with van der Waals surface area (Å²) in [6.07, 6.45) is 7.54. The Hall–Kier alpha value is -1.32. The summed E-state index contributed by atoms with van der Waals surface area (Å²) in [6, 6.07) is 0.487. The number of nitrogens with one attached hydrogen (secondary N) is 1. The van der Waals surface area contributed by atoms with Gasteiger partial charge in [0.1, 0.15) is 0 Å². The van der Waals surface area contributed by atoms with Gasteiger partial charge in [-0.2, -0.15) is 5.10 Å². The highest BCUT2D eigenvalue weighted by Crippen LogP contribution is 2.30. The number of nitrogens with zero attached hydrogens (tertiary/aromatic N) is 2. The third-order valence-electron chi connectivity index (χ3n) is 4.30. The van der Waals surface area contributed by atoms with Gasteiger partial charge >= 0.3 is 0 Å². The molecule has 1 aliphatic rings. The van der Waals surface area contributed by atoms with Gasteiger partial charge in [-0.1, -0.05) is 19.8 Å². The van der Waals surface area contributed by atoms with E-state index in [1.54, 1.807) is 6.20 Å².